The molecule has 0 aromatic carbocycles. The van der Waals surface area contributed by atoms with Crippen molar-refractivity contribution in [3.05, 3.63) is 0 Å². The Morgan fingerprint density at radius 1 is 1.47 bits per heavy atom. The third-order valence-electron chi connectivity index (χ3n) is 4.38. The van der Waals surface area contributed by atoms with Crippen molar-refractivity contribution >= 4 is 0 Å². The molecule has 0 spiro atoms. The van der Waals surface area contributed by atoms with E-state index in [1.54, 1.807) is 0 Å². The zero-order valence-electron chi connectivity index (χ0n) is 10.4. The summed E-state index contributed by atoms with van der Waals surface area (Å²) in [6, 6.07) is 0. The van der Waals surface area contributed by atoms with Crippen molar-refractivity contribution in [1.82, 2.24) is 10.2 Å². The summed E-state index contributed by atoms with van der Waals surface area (Å²) in [5.41, 5.74) is 0.586. The molecule has 0 saturated carbocycles. The zero-order chi connectivity index (χ0) is 10.7. The van der Waals surface area contributed by atoms with Crippen LogP contribution < -0.4 is 5.32 Å². The molecular formula is C13H26N2. The number of hydrogen-bond acceptors (Lipinski definition) is 2. The van der Waals surface area contributed by atoms with Gasteiger partial charge in [0.25, 0.3) is 0 Å². The van der Waals surface area contributed by atoms with E-state index in [0.717, 1.165) is 5.92 Å². The van der Waals surface area contributed by atoms with Crippen LogP contribution in [0.25, 0.3) is 0 Å². The van der Waals surface area contributed by atoms with Gasteiger partial charge < -0.3 is 10.2 Å². The van der Waals surface area contributed by atoms with Gasteiger partial charge in [-0.25, -0.2) is 0 Å². The molecule has 2 unspecified atom stereocenters. The Morgan fingerprint density at radius 2 is 2.33 bits per heavy atom. The zero-order valence-corrected chi connectivity index (χ0v) is 10.4. The Morgan fingerprint density at radius 3 is 2.87 bits per heavy atom. The van der Waals surface area contributed by atoms with Gasteiger partial charge in [-0.2, -0.15) is 0 Å². The minimum Gasteiger partial charge on any atom is -0.316 e. The minimum absolute atomic E-state index is 0.586. The molecule has 2 rings (SSSR count). The lowest BCUT2D eigenvalue weighted by molar-refractivity contribution is 0.126. The van der Waals surface area contributed by atoms with Crippen LogP contribution >= 0.6 is 0 Å². The van der Waals surface area contributed by atoms with E-state index in [4.69, 9.17) is 0 Å². The lowest BCUT2D eigenvalue weighted by Crippen LogP contribution is -2.46. The summed E-state index contributed by atoms with van der Waals surface area (Å²) in [4.78, 5) is 2.70. The maximum absolute atomic E-state index is 3.59. The molecule has 2 fully saturated rings. The maximum Gasteiger partial charge on any atom is 0.00502 e. The Balaban J connectivity index is 1.89. The molecule has 2 atom stereocenters. The van der Waals surface area contributed by atoms with Crippen LogP contribution in [-0.2, 0) is 0 Å². The summed E-state index contributed by atoms with van der Waals surface area (Å²) < 4.78 is 0. The minimum atomic E-state index is 0.586. The third kappa shape index (κ3) is 2.73. The van der Waals surface area contributed by atoms with Gasteiger partial charge in [0, 0.05) is 19.6 Å². The number of nitrogens with zero attached hydrogens (tertiary/aromatic N) is 1. The van der Waals surface area contributed by atoms with Crippen molar-refractivity contribution < 1.29 is 0 Å². The first-order chi connectivity index (χ1) is 7.24. The monoisotopic (exact) mass is 210 g/mol. The highest BCUT2D eigenvalue weighted by Gasteiger charge is 2.33. The third-order valence-corrected chi connectivity index (χ3v) is 4.38. The molecule has 0 aromatic rings. The van der Waals surface area contributed by atoms with Crippen LogP contribution in [0.4, 0.5) is 0 Å². The molecule has 2 heterocycles. The predicted octanol–water partition coefficient (Wildman–Crippen LogP) is 2.11. The summed E-state index contributed by atoms with van der Waals surface area (Å²) >= 11 is 0. The van der Waals surface area contributed by atoms with E-state index < -0.39 is 0 Å². The van der Waals surface area contributed by atoms with Crippen LogP contribution in [0, 0.1) is 11.3 Å². The molecule has 1 N–H and O–H groups in total. The quantitative estimate of drug-likeness (QED) is 0.767. The number of nitrogens with one attached hydrogen (secondary N) is 1. The molecule has 2 saturated heterocycles. The summed E-state index contributed by atoms with van der Waals surface area (Å²) in [5, 5.41) is 3.59. The number of piperidine rings is 1. The van der Waals surface area contributed by atoms with E-state index in [1.807, 2.05) is 0 Å². The standard InChI is InChI=1S/C13H26N2/c1-3-13(6-4-7-14-10-13)11-15-8-5-12(2)9-15/h12,14H,3-11H2,1-2H3. The fourth-order valence-corrected chi connectivity index (χ4v) is 3.22. The number of rotatable bonds is 3. The van der Waals surface area contributed by atoms with Crippen molar-refractivity contribution in [2.45, 2.75) is 39.5 Å². The molecule has 0 aromatic heterocycles. The maximum atomic E-state index is 3.59. The first-order valence-corrected chi connectivity index (χ1v) is 6.67. The van der Waals surface area contributed by atoms with E-state index in [1.165, 1.54) is 58.4 Å². The average Bonchev–Trinajstić information content (AvgIpc) is 2.65. The average molecular weight is 210 g/mol. The molecule has 2 aliphatic heterocycles. The van der Waals surface area contributed by atoms with Gasteiger partial charge in [0.05, 0.1) is 0 Å². The predicted molar refractivity (Wildman–Crippen MR) is 65.0 cm³/mol. The van der Waals surface area contributed by atoms with Gasteiger partial charge in [-0.3, -0.25) is 0 Å². The first-order valence-electron chi connectivity index (χ1n) is 6.67. The molecule has 0 bridgehead atoms. The van der Waals surface area contributed by atoms with Crippen molar-refractivity contribution in [2.24, 2.45) is 11.3 Å². The summed E-state index contributed by atoms with van der Waals surface area (Å²) in [6.45, 7) is 11.2. The van der Waals surface area contributed by atoms with Gasteiger partial charge in [0.1, 0.15) is 0 Å². The van der Waals surface area contributed by atoms with Crippen LogP contribution in [0.1, 0.15) is 39.5 Å². The van der Waals surface area contributed by atoms with Crippen LogP contribution in [-0.4, -0.2) is 37.6 Å². The summed E-state index contributed by atoms with van der Waals surface area (Å²) in [5.74, 6) is 0.926. The summed E-state index contributed by atoms with van der Waals surface area (Å²) in [6.07, 6.45) is 5.55. The largest absolute Gasteiger partial charge is 0.316 e. The second-order valence-corrected chi connectivity index (χ2v) is 5.76. The summed E-state index contributed by atoms with van der Waals surface area (Å²) in [7, 11) is 0. The van der Waals surface area contributed by atoms with E-state index in [0.29, 0.717) is 5.41 Å². The Kier molecular flexibility index (Phi) is 3.68. The molecular weight excluding hydrogens is 184 g/mol. The SMILES string of the molecule is CCC1(CN2CCC(C)C2)CCCNC1. The van der Waals surface area contributed by atoms with Gasteiger partial charge in [0.2, 0.25) is 0 Å². The number of hydrogen-bond donors (Lipinski definition) is 1. The van der Waals surface area contributed by atoms with Gasteiger partial charge in [-0.15, -0.1) is 0 Å². The fraction of sp³-hybridized carbons (Fsp3) is 1.00. The highest BCUT2D eigenvalue weighted by molar-refractivity contribution is 4.89. The van der Waals surface area contributed by atoms with Crippen molar-refractivity contribution in [1.29, 1.82) is 0 Å². The molecule has 88 valence electrons. The molecule has 0 amide bonds. The molecule has 0 radical (unpaired) electrons. The second-order valence-electron chi connectivity index (χ2n) is 5.76. The van der Waals surface area contributed by atoms with Crippen LogP contribution in [0.15, 0.2) is 0 Å². The van der Waals surface area contributed by atoms with Gasteiger partial charge in [0.15, 0.2) is 0 Å². The molecule has 0 aliphatic carbocycles. The van der Waals surface area contributed by atoms with E-state index in [-0.39, 0.29) is 0 Å². The normalized spacial score (nSPS) is 38.4. The van der Waals surface area contributed by atoms with Crippen molar-refractivity contribution in [3.8, 4) is 0 Å². The highest BCUT2D eigenvalue weighted by Crippen LogP contribution is 2.32. The lowest BCUT2D eigenvalue weighted by atomic mass is 9.78. The van der Waals surface area contributed by atoms with Crippen LogP contribution in [0.2, 0.25) is 0 Å². The lowest BCUT2D eigenvalue weighted by Gasteiger charge is -2.40. The Hall–Kier alpha value is -0.0800. The van der Waals surface area contributed by atoms with Gasteiger partial charge in [-0.1, -0.05) is 13.8 Å². The smallest absolute Gasteiger partial charge is 0.00502 e. The topological polar surface area (TPSA) is 15.3 Å². The number of likely N-dealkylation sites (tertiary alicyclic amines) is 1. The molecule has 2 heteroatoms. The van der Waals surface area contributed by atoms with E-state index >= 15 is 0 Å². The van der Waals surface area contributed by atoms with Crippen LogP contribution in [0.5, 0.6) is 0 Å². The Bertz CT molecular complexity index is 197. The highest BCUT2D eigenvalue weighted by atomic mass is 15.2. The molecule has 2 nitrogen and oxygen atoms in total. The van der Waals surface area contributed by atoms with E-state index in [2.05, 4.69) is 24.1 Å². The fourth-order valence-electron chi connectivity index (χ4n) is 3.22. The molecule has 15 heavy (non-hydrogen) atoms. The first kappa shape index (κ1) is 11.4. The second kappa shape index (κ2) is 4.84. The molecule has 2 aliphatic rings. The Labute approximate surface area is 94.4 Å². The van der Waals surface area contributed by atoms with E-state index in [9.17, 15) is 0 Å². The van der Waals surface area contributed by atoms with Crippen LogP contribution in [0.3, 0.4) is 0 Å². The van der Waals surface area contributed by atoms with Gasteiger partial charge in [-0.05, 0) is 50.1 Å². The van der Waals surface area contributed by atoms with Crippen molar-refractivity contribution in [3.63, 3.8) is 0 Å². The van der Waals surface area contributed by atoms with Gasteiger partial charge >= 0.3 is 0 Å². The van der Waals surface area contributed by atoms with Crippen molar-refractivity contribution in [2.75, 3.05) is 32.7 Å².